The molecule has 0 unspecified atom stereocenters. The van der Waals surface area contributed by atoms with Crippen molar-refractivity contribution in [2.75, 3.05) is 31.1 Å². The topological polar surface area (TPSA) is 52.2 Å². The number of H-pyrrole nitrogens is 1. The van der Waals surface area contributed by atoms with Crippen LogP contribution in [0.5, 0.6) is 0 Å². The van der Waals surface area contributed by atoms with E-state index in [1.807, 2.05) is 53.4 Å². The molecule has 1 N–H and O–H groups in total. The number of nitrogens with one attached hydrogen (secondary N) is 1. The number of para-hydroxylation sites is 2. The molecule has 6 heteroatoms. The molecule has 1 amide bonds. The van der Waals surface area contributed by atoms with E-state index in [0.717, 1.165) is 52.2 Å². The average Bonchev–Trinajstić information content (AvgIpc) is 2.90. The number of anilines is 1. The molecule has 0 atom stereocenters. The molecule has 1 aliphatic heterocycles. The molecule has 0 bridgehead atoms. The van der Waals surface area contributed by atoms with Gasteiger partial charge in [-0.05, 0) is 59.3 Å². The molecule has 5 nitrogen and oxygen atoms in total. The van der Waals surface area contributed by atoms with Crippen LogP contribution >= 0.6 is 22.6 Å². The van der Waals surface area contributed by atoms with Crippen LogP contribution in [0.4, 0.5) is 5.95 Å². The number of benzene rings is 2. The van der Waals surface area contributed by atoms with E-state index in [4.69, 9.17) is 0 Å². The lowest BCUT2D eigenvalue weighted by atomic mass is 10.2. The zero-order valence-corrected chi connectivity index (χ0v) is 15.9. The minimum absolute atomic E-state index is 0.116. The van der Waals surface area contributed by atoms with Crippen molar-refractivity contribution in [3.05, 3.63) is 57.7 Å². The third-order valence-electron chi connectivity index (χ3n) is 4.53. The predicted octanol–water partition coefficient (Wildman–Crippen LogP) is 3.52. The van der Waals surface area contributed by atoms with E-state index >= 15 is 0 Å². The van der Waals surface area contributed by atoms with Gasteiger partial charge in [-0.3, -0.25) is 4.79 Å². The molecule has 0 saturated carbocycles. The van der Waals surface area contributed by atoms with Crippen molar-refractivity contribution < 1.29 is 4.79 Å². The van der Waals surface area contributed by atoms with Gasteiger partial charge in [-0.1, -0.05) is 18.2 Å². The summed E-state index contributed by atoms with van der Waals surface area (Å²) in [5.41, 5.74) is 2.80. The van der Waals surface area contributed by atoms with Crippen LogP contribution in [-0.2, 0) is 0 Å². The number of halogens is 1. The van der Waals surface area contributed by atoms with Crippen molar-refractivity contribution in [2.45, 2.75) is 6.42 Å². The van der Waals surface area contributed by atoms with Crippen LogP contribution in [0.15, 0.2) is 48.5 Å². The molecule has 2 aromatic carbocycles. The van der Waals surface area contributed by atoms with E-state index in [2.05, 4.69) is 37.5 Å². The van der Waals surface area contributed by atoms with Crippen molar-refractivity contribution in [2.24, 2.45) is 0 Å². The summed E-state index contributed by atoms with van der Waals surface area (Å²) in [7, 11) is 0. The van der Waals surface area contributed by atoms with Crippen LogP contribution in [0.3, 0.4) is 0 Å². The summed E-state index contributed by atoms with van der Waals surface area (Å²) >= 11 is 2.24. The first-order chi connectivity index (χ1) is 12.2. The third-order valence-corrected chi connectivity index (χ3v) is 5.20. The molecular formula is C19H19IN4O. The molecule has 0 spiro atoms. The summed E-state index contributed by atoms with van der Waals surface area (Å²) in [6, 6.07) is 15.8. The van der Waals surface area contributed by atoms with E-state index in [9.17, 15) is 4.79 Å². The number of amides is 1. The number of carbonyl (C=O) groups is 1. The maximum Gasteiger partial charge on any atom is 0.253 e. The number of aromatic amines is 1. The summed E-state index contributed by atoms with van der Waals surface area (Å²) in [4.78, 5) is 25.0. The zero-order chi connectivity index (χ0) is 17.2. The molecule has 2 heterocycles. The van der Waals surface area contributed by atoms with Crippen molar-refractivity contribution in [1.29, 1.82) is 0 Å². The molecule has 1 saturated heterocycles. The lowest BCUT2D eigenvalue weighted by molar-refractivity contribution is 0.0767. The molecule has 128 valence electrons. The Bertz CT molecular complexity index is 874. The second kappa shape index (κ2) is 7.03. The van der Waals surface area contributed by atoms with Gasteiger partial charge in [0.1, 0.15) is 0 Å². The monoisotopic (exact) mass is 446 g/mol. The molecule has 1 fully saturated rings. The average molecular weight is 446 g/mol. The number of fused-ring (bicyclic) bond motifs is 1. The third kappa shape index (κ3) is 3.49. The quantitative estimate of drug-likeness (QED) is 0.614. The second-order valence-electron chi connectivity index (χ2n) is 6.22. The van der Waals surface area contributed by atoms with Crippen molar-refractivity contribution in [3.63, 3.8) is 0 Å². The molecule has 25 heavy (non-hydrogen) atoms. The summed E-state index contributed by atoms with van der Waals surface area (Å²) in [6.45, 7) is 3.17. The summed E-state index contributed by atoms with van der Waals surface area (Å²) in [5.74, 6) is 1.01. The van der Waals surface area contributed by atoms with Crippen LogP contribution < -0.4 is 4.90 Å². The predicted molar refractivity (Wildman–Crippen MR) is 108 cm³/mol. The van der Waals surface area contributed by atoms with E-state index in [-0.39, 0.29) is 5.91 Å². The SMILES string of the molecule is O=C(c1cccc(I)c1)N1CCCN(c2nc3ccccc3[nH]2)CC1. The van der Waals surface area contributed by atoms with Crippen molar-refractivity contribution in [1.82, 2.24) is 14.9 Å². The van der Waals surface area contributed by atoms with Crippen LogP contribution in [0, 0.1) is 3.57 Å². The highest BCUT2D eigenvalue weighted by Gasteiger charge is 2.22. The number of rotatable bonds is 2. The van der Waals surface area contributed by atoms with Crippen molar-refractivity contribution in [3.8, 4) is 0 Å². The second-order valence-corrected chi connectivity index (χ2v) is 7.47. The van der Waals surface area contributed by atoms with Gasteiger partial charge in [-0.25, -0.2) is 4.98 Å². The van der Waals surface area contributed by atoms with Gasteiger partial charge in [0, 0.05) is 35.3 Å². The first kappa shape index (κ1) is 16.4. The molecule has 1 aromatic heterocycles. The molecular weight excluding hydrogens is 427 g/mol. The van der Waals surface area contributed by atoms with Gasteiger partial charge < -0.3 is 14.8 Å². The summed E-state index contributed by atoms with van der Waals surface area (Å²) < 4.78 is 1.09. The zero-order valence-electron chi connectivity index (χ0n) is 13.8. The van der Waals surface area contributed by atoms with Gasteiger partial charge in [0.2, 0.25) is 5.95 Å². The number of hydrogen-bond acceptors (Lipinski definition) is 3. The molecule has 4 rings (SSSR count). The fourth-order valence-electron chi connectivity index (χ4n) is 3.23. The number of carbonyl (C=O) groups excluding carboxylic acids is 1. The largest absolute Gasteiger partial charge is 0.341 e. The van der Waals surface area contributed by atoms with E-state index < -0.39 is 0 Å². The Morgan fingerprint density at radius 2 is 1.92 bits per heavy atom. The number of imidazole rings is 1. The standard InChI is InChI=1S/C19H19IN4O/c20-15-6-3-5-14(13-15)18(25)23-9-4-10-24(12-11-23)19-21-16-7-1-2-8-17(16)22-19/h1-3,5-8,13H,4,9-12H2,(H,21,22). The van der Waals surface area contributed by atoms with Gasteiger partial charge in [-0.15, -0.1) is 0 Å². The van der Waals surface area contributed by atoms with E-state index in [1.54, 1.807) is 0 Å². The first-order valence-corrected chi connectivity index (χ1v) is 9.53. The van der Waals surface area contributed by atoms with Crippen molar-refractivity contribution >= 4 is 45.5 Å². The van der Waals surface area contributed by atoms with E-state index in [0.29, 0.717) is 6.54 Å². The van der Waals surface area contributed by atoms with Crippen LogP contribution in [0.2, 0.25) is 0 Å². The number of aromatic nitrogens is 2. The van der Waals surface area contributed by atoms with Gasteiger partial charge >= 0.3 is 0 Å². The van der Waals surface area contributed by atoms with Gasteiger partial charge in [0.05, 0.1) is 11.0 Å². The molecule has 3 aromatic rings. The van der Waals surface area contributed by atoms with Gasteiger partial charge in [0.25, 0.3) is 5.91 Å². The van der Waals surface area contributed by atoms with Gasteiger partial charge in [0.15, 0.2) is 0 Å². The fraction of sp³-hybridized carbons (Fsp3) is 0.263. The Balaban J connectivity index is 1.49. The molecule has 1 aliphatic rings. The Kier molecular flexibility index (Phi) is 4.61. The Hall–Kier alpha value is -2.09. The number of hydrogen-bond donors (Lipinski definition) is 1. The number of nitrogens with zero attached hydrogens (tertiary/aromatic N) is 3. The maximum absolute atomic E-state index is 12.8. The lowest BCUT2D eigenvalue weighted by Crippen LogP contribution is -2.35. The Morgan fingerprint density at radius 1 is 1.04 bits per heavy atom. The minimum atomic E-state index is 0.116. The smallest absolute Gasteiger partial charge is 0.253 e. The summed E-state index contributed by atoms with van der Waals surface area (Å²) in [5, 5.41) is 0. The minimum Gasteiger partial charge on any atom is -0.341 e. The van der Waals surface area contributed by atoms with Crippen LogP contribution in [0.25, 0.3) is 11.0 Å². The summed E-state index contributed by atoms with van der Waals surface area (Å²) in [6.07, 6.45) is 0.937. The molecule has 0 aliphatic carbocycles. The van der Waals surface area contributed by atoms with Crippen LogP contribution in [-0.4, -0.2) is 47.0 Å². The highest BCUT2D eigenvalue weighted by atomic mass is 127. The van der Waals surface area contributed by atoms with Gasteiger partial charge in [-0.2, -0.15) is 0 Å². The first-order valence-electron chi connectivity index (χ1n) is 8.45. The Labute approximate surface area is 160 Å². The normalized spacial score (nSPS) is 15.4. The maximum atomic E-state index is 12.8. The lowest BCUT2D eigenvalue weighted by Gasteiger charge is -2.22. The highest BCUT2D eigenvalue weighted by molar-refractivity contribution is 14.1. The van der Waals surface area contributed by atoms with E-state index in [1.165, 1.54) is 0 Å². The van der Waals surface area contributed by atoms with Crippen LogP contribution in [0.1, 0.15) is 16.8 Å². The highest BCUT2D eigenvalue weighted by Crippen LogP contribution is 2.19. The fourth-order valence-corrected chi connectivity index (χ4v) is 3.77. The molecule has 0 radical (unpaired) electrons. The Morgan fingerprint density at radius 3 is 2.76 bits per heavy atom.